The summed E-state index contributed by atoms with van der Waals surface area (Å²) in [6.45, 7) is 3.89. The molecule has 0 heterocycles. The minimum absolute atomic E-state index is 0.109. The number of carbonyl (C=O) groups is 1. The van der Waals surface area contributed by atoms with E-state index >= 15 is 0 Å². The lowest BCUT2D eigenvalue weighted by atomic mass is 9.99. The topological polar surface area (TPSA) is 69.6 Å². The van der Waals surface area contributed by atoms with Crippen LogP contribution in [0.4, 0.5) is 0 Å². The first-order chi connectivity index (χ1) is 11.0. The van der Waals surface area contributed by atoms with Gasteiger partial charge in [-0.2, -0.15) is 0 Å². The highest BCUT2D eigenvalue weighted by Crippen LogP contribution is 2.21. The van der Waals surface area contributed by atoms with E-state index in [9.17, 15) is 15.0 Å². The molecule has 2 rings (SSSR count). The Morgan fingerprint density at radius 2 is 1.65 bits per heavy atom. The van der Waals surface area contributed by atoms with Crippen molar-refractivity contribution in [1.29, 1.82) is 0 Å². The molecule has 0 bridgehead atoms. The SMILES string of the molecule is Cc1ccc([C@@H](O)C[C@@H](N[C@H](C)c2ccccc2)C(=O)O)cc1. The second-order valence-electron chi connectivity index (χ2n) is 5.85. The van der Waals surface area contributed by atoms with Crippen molar-refractivity contribution in [2.24, 2.45) is 0 Å². The van der Waals surface area contributed by atoms with Crippen LogP contribution in [0, 0.1) is 6.92 Å². The number of hydrogen-bond acceptors (Lipinski definition) is 3. The molecule has 0 aliphatic heterocycles. The Kier molecular flexibility index (Phi) is 5.90. The molecule has 0 saturated heterocycles. The van der Waals surface area contributed by atoms with Crippen LogP contribution in [0.1, 0.15) is 42.2 Å². The fourth-order valence-electron chi connectivity index (χ4n) is 2.53. The van der Waals surface area contributed by atoms with Crippen LogP contribution in [-0.2, 0) is 4.79 Å². The Hall–Kier alpha value is -2.17. The van der Waals surface area contributed by atoms with Crippen LogP contribution in [0.2, 0.25) is 0 Å². The van der Waals surface area contributed by atoms with Crippen molar-refractivity contribution in [3.63, 3.8) is 0 Å². The summed E-state index contributed by atoms with van der Waals surface area (Å²) < 4.78 is 0. The van der Waals surface area contributed by atoms with Gasteiger partial charge < -0.3 is 10.2 Å². The molecule has 0 aliphatic rings. The molecule has 0 fully saturated rings. The number of benzene rings is 2. The van der Waals surface area contributed by atoms with Crippen LogP contribution >= 0.6 is 0 Å². The maximum atomic E-state index is 11.5. The molecule has 23 heavy (non-hydrogen) atoms. The minimum atomic E-state index is -0.959. The monoisotopic (exact) mass is 313 g/mol. The van der Waals surface area contributed by atoms with Crippen LogP contribution in [0.25, 0.3) is 0 Å². The summed E-state index contributed by atoms with van der Waals surface area (Å²) in [5, 5.41) is 22.8. The first kappa shape index (κ1) is 17.2. The highest BCUT2D eigenvalue weighted by molar-refractivity contribution is 5.73. The quantitative estimate of drug-likeness (QED) is 0.734. The van der Waals surface area contributed by atoms with Crippen molar-refractivity contribution in [3.8, 4) is 0 Å². The van der Waals surface area contributed by atoms with Crippen molar-refractivity contribution >= 4 is 5.97 Å². The zero-order chi connectivity index (χ0) is 16.8. The Bertz CT molecular complexity index is 625. The van der Waals surface area contributed by atoms with Gasteiger partial charge in [0.15, 0.2) is 0 Å². The number of aliphatic hydroxyl groups is 1. The largest absolute Gasteiger partial charge is 0.480 e. The first-order valence-corrected chi connectivity index (χ1v) is 7.76. The maximum Gasteiger partial charge on any atom is 0.320 e. The van der Waals surface area contributed by atoms with Gasteiger partial charge in [-0.25, -0.2) is 0 Å². The van der Waals surface area contributed by atoms with Crippen LogP contribution < -0.4 is 5.32 Å². The Morgan fingerprint density at radius 1 is 1.04 bits per heavy atom. The third-order valence-electron chi connectivity index (χ3n) is 3.97. The van der Waals surface area contributed by atoms with Gasteiger partial charge >= 0.3 is 5.97 Å². The van der Waals surface area contributed by atoms with Crippen LogP contribution in [0.3, 0.4) is 0 Å². The summed E-state index contributed by atoms with van der Waals surface area (Å²) in [5.74, 6) is -0.959. The smallest absolute Gasteiger partial charge is 0.320 e. The van der Waals surface area contributed by atoms with E-state index in [1.807, 2.05) is 68.4 Å². The summed E-state index contributed by atoms with van der Waals surface area (Å²) >= 11 is 0. The molecule has 0 aromatic heterocycles. The molecule has 2 aromatic rings. The maximum absolute atomic E-state index is 11.5. The van der Waals surface area contributed by atoms with Gasteiger partial charge in [0.2, 0.25) is 0 Å². The molecule has 122 valence electrons. The minimum Gasteiger partial charge on any atom is -0.480 e. The number of aryl methyl sites for hydroxylation is 1. The van der Waals surface area contributed by atoms with Crippen molar-refractivity contribution in [1.82, 2.24) is 5.32 Å². The highest BCUT2D eigenvalue weighted by atomic mass is 16.4. The van der Waals surface area contributed by atoms with Gasteiger partial charge in [0.1, 0.15) is 6.04 Å². The standard InChI is InChI=1S/C19H23NO3/c1-13-8-10-16(11-9-13)18(21)12-17(19(22)23)20-14(2)15-6-4-3-5-7-15/h3-11,14,17-18,20-21H,12H2,1-2H3,(H,22,23)/t14-,17-,18+/m1/s1. The fourth-order valence-corrected chi connectivity index (χ4v) is 2.53. The summed E-state index contributed by atoms with van der Waals surface area (Å²) in [6.07, 6.45) is -0.692. The molecule has 3 atom stereocenters. The normalized spacial score (nSPS) is 14.9. The van der Waals surface area contributed by atoms with Gasteiger partial charge in [0.25, 0.3) is 0 Å². The molecule has 0 amide bonds. The predicted octanol–water partition coefficient (Wildman–Crippen LogP) is 3.22. The molecule has 0 spiro atoms. The lowest BCUT2D eigenvalue weighted by Gasteiger charge is -2.23. The number of carboxylic acid groups (broad SMARTS) is 1. The molecule has 4 nitrogen and oxygen atoms in total. The second kappa shape index (κ2) is 7.90. The molecule has 0 unspecified atom stereocenters. The molecule has 0 aliphatic carbocycles. The Morgan fingerprint density at radius 3 is 2.22 bits per heavy atom. The fraction of sp³-hybridized carbons (Fsp3) is 0.316. The molecular weight excluding hydrogens is 290 g/mol. The van der Waals surface area contributed by atoms with Gasteiger partial charge in [0.05, 0.1) is 6.10 Å². The number of nitrogens with one attached hydrogen (secondary N) is 1. The van der Waals surface area contributed by atoms with E-state index in [4.69, 9.17) is 0 Å². The van der Waals surface area contributed by atoms with Gasteiger partial charge in [-0.1, -0.05) is 60.2 Å². The van der Waals surface area contributed by atoms with Crippen molar-refractivity contribution < 1.29 is 15.0 Å². The summed E-state index contributed by atoms with van der Waals surface area (Å²) in [4.78, 5) is 11.5. The third-order valence-corrected chi connectivity index (χ3v) is 3.97. The molecule has 0 radical (unpaired) electrons. The van der Waals surface area contributed by atoms with E-state index in [0.717, 1.165) is 16.7 Å². The predicted molar refractivity (Wildman–Crippen MR) is 90.2 cm³/mol. The van der Waals surface area contributed by atoms with Crippen LogP contribution in [0.5, 0.6) is 0 Å². The van der Waals surface area contributed by atoms with Gasteiger partial charge in [-0.05, 0) is 25.0 Å². The first-order valence-electron chi connectivity index (χ1n) is 7.76. The Labute approximate surface area is 136 Å². The van der Waals surface area contributed by atoms with Crippen molar-refractivity contribution in [2.75, 3.05) is 0 Å². The lowest BCUT2D eigenvalue weighted by molar-refractivity contribution is -0.140. The van der Waals surface area contributed by atoms with E-state index in [2.05, 4.69) is 5.32 Å². The molecular formula is C19H23NO3. The van der Waals surface area contributed by atoms with Gasteiger partial charge in [-0.3, -0.25) is 10.1 Å². The highest BCUT2D eigenvalue weighted by Gasteiger charge is 2.24. The van der Waals surface area contributed by atoms with Crippen LogP contribution in [-0.4, -0.2) is 22.2 Å². The number of carboxylic acids is 1. The van der Waals surface area contributed by atoms with Crippen molar-refractivity contribution in [2.45, 2.75) is 38.5 Å². The van der Waals surface area contributed by atoms with E-state index in [0.29, 0.717) is 0 Å². The zero-order valence-corrected chi connectivity index (χ0v) is 13.4. The Balaban J connectivity index is 2.04. The second-order valence-corrected chi connectivity index (χ2v) is 5.85. The van der Waals surface area contributed by atoms with E-state index < -0.39 is 18.1 Å². The van der Waals surface area contributed by atoms with Crippen molar-refractivity contribution in [3.05, 3.63) is 71.3 Å². The zero-order valence-electron chi connectivity index (χ0n) is 13.4. The van der Waals surface area contributed by atoms with E-state index in [1.54, 1.807) is 0 Å². The summed E-state index contributed by atoms with van der Waals surface area (Å²) in [7, 11) is 0. The molecule has 0 saturated carbocycles. The van der Waals surface area contributed by atoms with E-state index in [1.165, 1.54) is 0 Å². The lowest BCUT2D eigenvalue weighted by Crippen LogP contribution is -2.39. The summed E-state index contributed by atoms with van der Waals surface area (Å²) in [5.41, 5.74) is 2.85. The molecule has 3 N–H and O–H groups in total. The van der Waals surface area contributed by atoms with E-state index in [-0.39, 0.29) is 12.5 Å². The summed E-state index contributed by atoms with van der Waals surface area (Å²) in [6, 6.07) is 16.2. The average Bonchev–Trinajstić information content (AvgIpc) is 2.55. The number of aliphatic carboxylic acids is 1. The number of aliphatic hydroxyl groups excluding tert-OH is 1. The van der Waals surface area contributed by atoms with Crippen LogP contribution in [0.15, 0.2) is 54.6 Å². The number of hydrogen-bond donors (Lipinski definition) is 3. The third kappa shape index (κ3) is 4.91. The molecule has 4 heteroatoms. The number of rotatable bonds is 7. The van der Waals surface area contributed by atoms with Gasteiger partial charge in [0, 0.05) is 12.5 Å². The molecule has 2 aromatic carbocycles. The average molecular weight is 313 g/mol. The van der Waals surface area contributed by atoms with Gasteiger partial charge in [-0.15, -0.1) is 0 Å².